The third-order valence-corrected chi connectivity index (χ3v) is 5.85. The molecule has 3 aliphatic rings. The highest BCUT2D eigenvalue weighted by Crippen LogP contribution is 2.28. The maximum atomic E-state index is 9.03. The van der Waals surface area contributed by atoms with E-state index in [1.165, 1.54) is 40.1 Å². The van der Waals surface area contributed by atoms with Crippen molar-refractivity contribution in [3.8, 4) is 0 Å². The molecule has 0 aromatic heterocycles. The van der Waals surface area contributed by atoms with Gasteiger partial charge in [-0.1, -0.05) is 35.9 Å². The monoisotopic (exact) mass is 365 g/mol. The number of benzene rings is 1. The van der Waals surface area contributed by atoms with Crippen LogP contribution in [-0.4, -0.2) is 37.4 Å². The van der Waals surface area contributed by atoms with Gasteiger partial charge in [0.15, 0.2) is 0 Å². The maximum absolute atomic E-state index is 9.03. The van der Waals surface area contributed by atoms with Crippen LogP contribution < -0.4 is 26.4 Å². The van der Waals surface area contributed by atoms with Crippen LogP contribution in [0.4, 0.5) is 5.69 Å². The zero-order chi connectivity index (χ0) is 18.5. The molecule has 1 saturated heterocycles. The molecule has 2 heterocycles. The lowest BCUT2D eigenvalue weighted by molar-refractivity contribution is 0.289. The Morgan fingerprint density at radius 2 is 2.04 bits per heavy atom. The molecule has 4 rings (SSSR count). The Kier molecular flexibility index (Phi) is 5.95. The molecular weight excluding hydrogens is 334 g/mol. The summed E-state index contributed by atoms with van der Waals surface area (Å²) in [5.41, 5.74) is 4.02. The lowest BCUT2D eigenvalue weighted by atomic mass is 9.88. The van der Waals surface area contributed by atoms with Gasteiger partial charge in [-0.05, 0) is 62.0 Å². The number of fused-ring (bicyclic) bond motifs is 1. The zero-order valence-corrected chi connectivity index (χ0v) is 16.0. The van der Waals surface area contributed by atoms with Gasteiger partial charge in [0.1, 0.15) is 0 Å². The first-order valence-corrected chi connectivity index (χ1v) is 10.4. The lowest BCUT2D eigenvalue weighted by Gasteiger charge is -2.26. The minimum absolute atomic E-state index is 0.269. The van der Waals surface area contributed by atoms with Crippen molar-refractivity contribution in [3.63, 3.8) is 0 Å². The van der Waals surface area contributed by atoms with Crippen LogP contribution in [0.3, 0.4) is 0 Å². The largest absolute Gasteiger partial charge is 0.396 e. The highest BCUT2D eigenvalue weighted by molar-refractivity contribution is 5.57. The Morgan fingerprint density at radius 1 is 1.15 bits per heavy atom. The molecule has 0 radical (unpaired) electrons. The van der Waals surface area contributed by atoms with Gasteiger partial charge < -0.3 is 21.1 Å². The van der Waals surface area contributed by atoms with E-state index in [1.807, 2.05) is 0 Å². The molecule has 0 bridgehead atoms. The van der Waals surface area contributed by atoms with E-state index in [0.29, 0.717) is 12.0 Å². The van der Waals surface area contributed by atoms with Crippen molar-refractivity contribution in [3.05, 3.63) is 51.9 Å². The third-order valence-electron chi connectivity index (χ3n) is 5.85. The van der Waals surface area contributed by atoms with Crippen LogP contribution in [0.5, 0.6) is 0 Å². The van der Waals surface area contributed by atoms with Crippen LogP contribution in [0.1, 0.15) is 43.6 Å². The predicted octanol–water partition coefficient (Wildman–Crippen LogP) is 1.71. The molecule has 4 N–H and O–H groups in total. The molecule has 2 aliphatic heterocycles. The minimum Gasteiger partial charge on any atom is -0.396 e. The molecule has 27 heavy (non-hydrogen) atoms. The van der Waals surface area contributed by atoms with Gasteiger partial charge in [-0.15, -0.1) is 0 Å². The van der Waals surface area contributed by atoms with E-state index in [9.17, 15) is 0 Å². The van der Waals surface area contributed by atoms with Gasteiger partial charge in [0.25, 0.3) is 0 Å². The molecule has 4 heteroatoms. The lowest BCUT2D eigenvalue weighted by Crippen LogP contribution is -2.40. The summed E-state index contributed by atoms with van der Waals surface area (Å²) in [7, 11) is 0. The van der Waals surface area contributed by atoms with Gasteiger partial charge in [0, 0.05) is 42.2 Å². The molecule has 0 amide bonds. The number of rotatable bonds is 6. The Balaban J connectivity index is 1.58. The van der Waals surface area contributed by atoms with Crippen molar-refractivity contribution in [1.29, 1.82) is 0 Å². The van der Waals surface area contributed by atoms with Gasteiger partial charge >= 0.3 is 0 Å². The second-order valence-corrected chi connectivity index (χ2v) is 7.80. The second kappa shape index (κ2) is 8.77. The number of anilines is 1. The summed E-state index contributed by atoms with van der Waals surface area (Å²) in [5.74, 6) is 0.435. The smallest absolute Gasteiger partial charge is 0.0439 e. The second-order valence-electron chi connectivity index (χ2n) is 7.80. The number of hydrogen-bond acceptors (Lipinski definition) is 4. The Morgan fingerprint density at radius 3 is 2.81 bits per heavy atom. The van der Waals surface area contributed by atoms with E-state index in [-0.39, 0.29) is 6.61 Å². The minimum atomic E-state index is 0.269. The van der Waals surface area contributed by atoms with E-state index in [0.717, 1.165) is 38.9 Å². The van der Waals surface area contributed by atoms with Gasteiger partial charge in [-0.2, -0.15) is 0 Å². The van der Waals surface area contributed by atoms with Crippen LogP contribution >= 0.6 is 0 Å². The van der Waals surface area contributed by atoms with Gasteiger partial charge in [-0.3, -0.25) is 0 Å². The van der Waals surface area contributed by atoms with E-state index in [4.69, 9.17) is 5.11 Å². The first-order chi connectivity index (χ1) is 13.3. The highest BCUT2D eigenvalue weighted by atomic mass is 16.2. The van der Waals surface area contributed by atoms with E-state index < -0.39 is 0 Å². The van der Waals surface area contributed by atoms with Crippen molar-refractivity contribution >= 4 is 18.0 Å². The van der Waals surface area contributed by atoms with E-state index in [2.05, 4.69) is 58.6 Å². The molecular formula is C23H31N3O. The van der Waals surface area contributed by atoms with Crippen molar-refractivity contribution < 1.29 is 5.11 Å². The van der Waals surface area contributed by atoms with E-state index >= 15 is 0 Å². The molecule has 144 valence electrons. The molecule has 1 atom stereocenters. The number of allylic oxidation sites excluding steroid dienone is 4. The van der Waals surface area contributed by atoms with Crippen molar-refractivity contribution in [1.82, 2.24) is 10.6 Å². The summed E-state index contributed by atoms with van der Waals surface area (Å²) in [4.78, 5) is 0. The molecule has 1 aromatic rings. The molecule has 4 nitrogen and oxygen atoms in total. The molecule has 1 fully saturated rings. The summed E-state index contributed by atoms with van der Waals surface area (Å²) in [5, 5.41) is 22.3. The van der Waals surface area contributed by atoms with Crippen molar-refractivity contribution in [2.75, 3.05) is 31.6 Å². The predicted molar refractivity (Wildman–Crippen MR) is 113 cm³/mol. The molecule has 0 spiro atoms. The molecule has 1 aliphatic carbocycles. The van der Waals surface area contributed by atoms with Crippen LogP contribution in [-0.2, 0) is 0 Å². The fourth-order valence-corrected chi connectivity index (χ4v) is 4.26. The molecule has 0 saturated carbocycles. The fraction of sp³-hybridized carbons (Fsp3) is 0.478. The number of aliphatic hydroxyl groups excluding tert-OH is 1. The fourth-order valence-electron chi connectivity index (χ4n) is 4.26. The zero-order valence-electron chi connectivity index (χ0n) is 16.0. The first kappa shape index (κ1) is 18.3. The number of hydrogen-bond donors (Lipinski definition) is 4. The van der Waals surface area contributed by atoms with Crippen LogP contribution in [0.15, 0.2) is 35.9 Å². The topological polar surface area (TPSA) is 56.3 Å². The quantitative estimate of drug-likeness (QED) is 0.620. The number of nitrogens with one attached hydrogen (secondary N) is 3. The van der Waals surface area contributed by atoms with Crippen LogP contribution in [0, 0.1) is 0 Å². The van der Waals surface area contributed by atoms with Crippen molar-refractivity contribution in [2.45, 2.75) is 44.1 Å². The summed E-state index contributed by atoms with van der Waals surface area (Å²) < 4.78 is 0. The maximum Gasteiger partial charge on any atom is 0.0439 e. The summed E-state index contributed by atoms with van der Waals surface area (Å²) in [6.07, 6.45) is 16.6. The summed E-state index contributed by atoms with van der Waals surface area (Å²) in [6, 6.07) is 5.27. The summed E-state index contributed by atoms with van der Waals surface area (Å²) >= 11 is 0. The SMILES string of the molecule is OCCCC1=CCC(c2cc(NC3CCNCC3)c3c(c2)=CCNC=3)C=C1. The van der Waals surface area contributed by atoms with Crippen LogP contribution in [0.25, 0.3) is 12.3 Å². The van der Waals surface area contributed by atoms with Gasteiger partial charge in [-0.25, -0.2) is 0 Å². The van der Waals surface area contributed by atoms with E-state index in [1.54, 1.807) is 0 Å². The average molecular weight is 366 g/mol. The van der Waals surface area contributed by atoms with Crippen LogP contribution in [0.2, 0.25) is 0 Å². The van der Waals surface area contributed by atoms with Gasteiger partial charge in [0.2, 0.25) is 0 Å². The summed E-state index contributed by atoms with van der Waals surface area (Å²) in [6.45, 7) is 3.36. The highest BCUT2D eigenvalue weighted by Gasteiger charge is 2.17. The first-order valence-electron chi connectivity index (χ1n) is 10.4. The Bertz CT molecular complexity index is 834. The molecule has 1 aromatic carbocycles. The standard InChI is InChI=1S/C23H31N3O/c27-13-1-2-17-3-5-18(6-4-17)20-14-19-7-10-25-16-22(19)23(15-20)26-21-8-11-24-12-9-21/h3-5,7,14-16,18,21,24-27H,1-2,6,8-13H2. The average Bonchev–Trinajstić information content (AvgIpc) is 2.73. The third kappa shape index (κ3) is 4.45. The normalized spacial score (nSPS) is 22.1. The Labute approximate surface area is 161 Å². The van der Waals surface area contributed by atoms with Gasteiger partial charge in [0.05, 0.1) is 0 Å². The number of piperidine rings is 1. The Hall–Kier alpha value is -2.04. The van der Waals surface area contributed by atoms with Crippen molar-refractivity contribution in [2.24, 2.45) is 0 Å². The number of aliphatic hydroxyl groups is 1. The molecule has 1 unspecified atom stereocenters.